The van der Waals surface area contributed by atoms with Crippen molar-refractivity contribution in [3.8, 4) is 5.75 Å². The van der Waals surface area contributed by atoms with Gasteiger partial charge in [0.15, 0.2) is 0 Å². The van der Waals surface area contributed by atoms with E-state index in [-0.39, 0.29) is 11.8 Å². The van der Waals surface area contributed by atoms with E-state index >= 15 is 0 Å². The molecule has 1 fully saturated rings. The monoisotopic (exact) mass is 404 g/mol. The first-order valence-corrected chi connectivity index (χ1v) is 10.9. The normalized spacial score (nSPS) is 19.0. The zero-order valence-electron chi connectivity index (χ0n) is 17.4. The SMILES string of the molecule is CN1CCC(C(=O)Nc2cnc3c(c2)C(c2ccc4c(c2)CCCO4)=CCN3)CC1. The van der Waals surface area contributed by atoms with Gasteiger partial charge in [-0.05, 0) is 80.7 Å². The number of anilines is 2. The molecule has 0 aliphatic carbocycles. The minimum Gasteiger partial charge on any atom is -0.493 e. The van der Waals surface area contributed by atoms with Crippen LogP contribution in [0.15, 0.2) is 36.5 Å². The van der Waals surface area contributed by atoms with E-state index in [0.29, 0.717) is 0 Å². The standard InChI is InChI=1S/C24H28N4O2/c1-28-10-7-16(8-11-28)24(29)27-19-14-21-20(6-9-25-23(21)26-15-19)17-4-5-22-18(13-17)3-2-12-30-22/h4-6,13-16H,2-3,7-12H2,1H3,(H,25,26)(H,27,29). The molecule has 0 unspecified atom stereocenters. The fraction of sp³-hybridized carbons (Fsp3) is 0.417. The molecule has 2 aromatic rings. The summed E-state index contributed by atoms with van der Waals surface area (Å²) in [5.74, 6) is 2.03. The van der Waals surface area contributed by atoms with Gasteiger partial charge in [0.1, 0.15) is 11.6 Å². The number of carbonyl (C=O) groups is 1. The fourth-order valence-electron chi connectivity index (χ4n) is 4.56. The molecule has 0 saturated carbocycles. The highest BCUT2D eigenvalue weighted by Gasteiger charge is 2.24. The lowest BCUT2D eigenvalue weighted by molar-refractivity contribution is -0.121. The number of nitrogens with zero attached hydrogens (tertiary/aromatic N) is 2. The summed E-state index contributed by atoms with van der Waals surface area (Å²) in [6, 6.07) is 8.47. The second kappa shape index (κ2) is 8.11. The maximum absolute atomic E-state index is 12.8. The van der Waals surface area contributed by atoms with E-state index in [4.69, 9.17) is 4.74 Å². The van der Waals surface area contributed by atoms with Crippen LogP contribution < -0.4 is 15.4 Å². The van der Waals surface area contributed by atoms with Crippen molar-refractivity contribution >= 4 is 23.0 Å². The average Bonchev–Trinajstić information content (AvgIpc) is 2.78. The van der Waals surface area contributed by atoms with Gasteiger partial charge in [-0.25, -0.2) is 4.98 Å². The molecule has 1 saturated heterocycles. The van der Waals surface area contributed by atoms with Crippen LogP contribution in [-0.2, 0) is 11.2 Å². The minimum absolute atomic E-state index is 0.0750. The van der Waals surface area contributed by atoms with Crippen LogP contribution in [0.3, 0.4) is 0 Å². The van der Waals surface area contributed by atoms with Crippen LogP contribution in [0.5, 0.6) is 5.75 Å². The Bertz CT molecular complexity index is 993. The second-order valence-electron chi connectivity index (χ2n) is 8.46. The Balaban J connectivity index is 1.39. The Morgan fingerprint density at radius 3 is 3.00 bits per heavy atom. The first-order valence-electron chi connectivity index (χ1n) is 10.9. The van der Waals surface area contributed by atoms with Crippen LogP contribution in [0.2, 0.25) is 0 Å². The zero-order chi connectivity index (χ0) is 20.5. The molecule has 0 atom stereocenters. The Morgan fingerprint density at radius 2 is 2.13 bits per heavy atom. The van der Waals surface area contributed by atoms with Gasteiger partial charge in [0, 0.05) is 18.0 Å². The van der Waals surface area contributed by atoms with Crippen LogP contribution in [0.25, 0.3) is 5.57 Å². The minimum atomic E-state index is 0.0750. The number of ether oxygens (including phenoxy) is 1. The van der Waals surface area contributed by atoms with E-state index in [1.165, 1.54) is 11.1 Å². The van der Waals surface area contributed by atoms with Crippen LogP contribution >= 0.6 is 0 Å². The van der Waals surface area contributed by atoms with Gasteiger partial charge < -0.3 is 20.3 Å². The quantitative estimate of drug-likeness (QED) is 0.819. The maximum atomic E-state index is 12.8. The van der Waals surface area contributed by atoms with Crippen molar-refractivity contribution in [2.24, 2.45) is 5.92 Å². The highest BCUT2D eigenvalue weighted by atomic mass is 16.5. The van der Waals surface area contributed by atoms with E-state index in [2.05, 4.69) is 51.8 Å². The molecule has 1 aromatic heterocycles. The number of piperidine rings is 1. The van der Waals surface area contributed by atoms with Crippen LogP contribution in [0.1, 0.15) is 36.0 Å². The number of amides is 1. The van der Waals surface area contributed by atoms with Crippen molar-refractivity contribution in [3.63, 3.8) is 0 Å². The molecule has 3 aliphatic heterocycles. The summed E-state index contributed by atoms with van der Waals surface area (Å²) < 4.78 is 5.77. The summed E-state index contributed by atoms with van der Waals surface area (Å²) in [6.45, 7) is 3.48. The lowest BCUT2D eigenvalue weighted by atomic mass is 9.92. The number of rotatable bonds is 3. The number of carbonyl (C=O) groups excluding carboxylic acids is 1. The Hall–Kier alpha value is -2.86. The van der Waals surface area contributed by atoms with Gasteiger partial charge in [-0.3, -0.25) is 4.79 Å². The number of nitrogens with one attached hydrogen (secondary N) is 2. The van der Waals surface area contributed by atoms with E-state index in [0.717, 1.165) is 80.3 Å². The smallest absolute Gasteiger partial charge is 0.227 e. The lowest BCUT2D eigenvalue weighted by Crippen LogP contribution is -2.35. The van der Waals surface area contributed by atoms with Crippen LogP contribution in [-0.4, -0.2) is 49.1 Å². The predicted molar refractivity (Wildman–Crippen MR) is 119 cm³/mol. The first-order chi connectivity index (χ1) is 14.7. The molecule has 0 bridgehead atoms. The van der Waals surface area contributed by atoms with E-state index in [1.807, 2.05) is 6.07 Å². The third kappa shape index (κ3) is 3.79. The molecule has 1 amide bonds. The molecule has 4 heterocycles. The van der Waals surface area contributed by atoms with Crippen molar-refractivity contribution in [2.45, 2.75) is 25.7 Å². The summed E-state index contributed by atoms with van der Waals surface area (Å²) in [4.78, 5) is 19.6. The fourth-order valence-corrected chi connectivity index (χ4v) is 4.56. The summed E-state index contributed by atoms with van der Waals surface area (Å²) in [6.07, 6.45) is 7.87. The molecule has 0 spiro atoms. The molecule has 156 valence electrons. The third-order valence-electron chi connectivity index (χ3n) is 6.33. The number of fused-ring (bicyclic) bond motifs is 2. The maximum Gasteiger partial charge on any atom is 0.227 e. The van der Waals surface area contributed by atoms with Gasteiger partial charge in [0.2, 0.25) is 5.91 Å². The molecule has 1 aromatic carbocycles. The Morgan fingerprint density at radius 1 is 1.27 bits per heavy atom. The van der Waals surface area contributed by atoms with Gasteiger partial charge in [0.05, 0.1) is 18.5 Å². The highest BCUT2D eigenvalue weighted by molar-refractivity contribution is 5.95. The average molecular weight is 405 g/mol. The highest BCUT2D eigenvalue weighted by Crippen LogP contribution is 2.36. The molecule has 2 N–H and O–H groups in total. The molecular weight excluding hydrogens is 376 g/mol. The van der Waals surface area contributed by atoms with Gasteiger partial charge in [0.25, 0.3) is 0 Å². The van der Waals surface area contributed by atoms with Gasteiger partial charge in [-0.15, -0.1) is 0 Å². The lowest BCUT2D eigenvalue weighted by Gasteiger charge is -2.28. The molecular formula is C24H28N4O2. The van der Waals surface area contributed by atoms with Crippen molar-refractivity contribution in [1.29, 1.82) is 0 Å². The van der Waals surface area contributed by atoms with Crippen molar-refractivity contribution in [2.75, 3.05) is 43.9 Å². The van der Waals surface area contributed by atoms with E-state index < -0.39 is 0 Å². The number of likely N-dealkylation sites (tertiary alicyclic amines) is 1. The molecule has 30 heavy (non-hydrogen) atoms. The van der Waals surface area contributed by atoms with Crippen LogP contribution in [0, 0.1) is 5.92 Å². The molecule has 0 radical (unpaired) electrons. The van der Waals surface area contributed by atoms with Crippen LogP contribution in [0.4, 0.5) is 11.5 Å². The topological polar surface area (TPSA) is 66.5 Å². The second-order valence-corrected chi connectivity index (χ2v) is 8.46. The van der Waals surface area contributed by atoms with Gasteiger partial charge in [-0.2, -0.15) is 0 Å². The number of benzene rings is 1. The van der Waals surface area contributed by atoms with Crippen molar-refractivity contribution in [3.05, 3.63) is 53.2 Å². The molecule has 5 rings (SSSR count). The number of hydrogen-bond donors (Lipinski definition) is 2. The zero-order valence-corrected chi connectivity index (χ0v) is 17.4. The third-order valence-corrected chi connectivity index (χ3v) is 6.33. The van der Waals surface area contributed by atoms with E-state index in [1.54, 1.807) is 6.20 Å². The van der Waals surface area contributed by atoms with Gasteiger partial charge >= 0.3 is 0 Å². The van der Waals surface area contributed by atoms with E-state index in [9.17, 15) is 4.79 Å². The largest absolute Gasteiger partial charge is 0.493 e. The number of aryl methyl sites for hydroxylation is 1. The number of aromatic nitrogens is 1. The van der Waals surface area contributed by atoms with Crippen molar-refractivity contribution in [1.82, 2.24) is 9.88 Å². The first kappa shape index (κ1) is 19.1. The predicted octanol–water partition coefficient (Wildman–Crippen LogP) is 3.54. The Kier molecular flexibility index (Phi) is 5.17. The number of pyridine rings is 1. The molecule has 6 nitrogen and oxygen atoms in total. The summed E-state index contributed by atoms with van der Waals surface area (Å²) in [5.41, 5.74) is 5.37. The summed E-state index contributed by atoms with van der Waals surface area (Å²) in [7, 11) is 2.11. The molecule has 6 heteroatoms. The van der Waals surface area contributed by atoms with Gasteiger partial charge in [-0.1, -0.05) is 12.1 Å². The summed E-state index contributed by atoms with van der Waals surface area (Å²) >= 11 is 0. The summed E-state index contributed by atoms with van der Waals surface area (Å²) in [5, 5.41) is 6.45. The molecule has 3 aliphatic rings. The number of hydrogen-bond acceptors (Lipinski definition) is 5. The Labute approximate surface area is 177 Å². The van der Waals surface area contributed by atoms with Crippen molar-refractivity contribution < 1.29 is 9.53 Å².